The highest BCUT2D eigenvalue weighted by Crippen LogP contribution is 2.05. The van der Waals surface area contributed by atoms with Crippen LogP contribution >= 0.6 is 0 Å². The molecule has 0 aliphatic carbocycles. The van der Waals surface area contributed by atoms with Gasteiger partial charge in [0.1, 0.15) is 17.8 Å². The second kappa shape index (κ2) is 3.19. The molecule has 2 aromatic heterocycles. The van der Waals surface area contributed by atoms with Crippen LogP contribution in [-0.4, -0.2) is 25.8 Å². The highest BCUT2D eigenvalue weighted by molar-refractivity contribution is 5.71. The fraction of sp³-hybridized carbons (Fsp3) is 0.250. The Morgan fingerprint density at radius 2 is 2.40 bits per heavy atom. The highest BCUT2D eigenvalue weighted by atomic mass is 16.5. The van der Waals surface area contributed by atoms with E-state index in [2.05, 4.69) is 10.1 Å². The van der Waals surface area contributed by atoms with Crippen molar-refractivity contribution >= 4 is 17.1 Å². The Bertz CT molecular complexity index is 583. The number of aryl methyl sites for hydroxylation is 1. The van der Waals surface area contributed by atoms with Crippen molar-refractivity contribution in [2.45, 2.75) is 13.5 Å². The molecule has 7 nitrogen and oxygen atoms in total. The van der Waals surface area contributed by atoms with Gasteiger partial charge < -0.3 is 9.63 Å². The van der Waals surface area contributed by atoms with Crippen LogP contribution in [0, 0.1) is 6.92 Å². The zero-order valence-electron chi connectivity index (χ0n) is 7.80. The summed E-state index contributed by atoms with van der Waals surface area (Å²) in [5.41, 5.74) is -0.333. The van der Waals surface area contributed by atoms with Gasteiger partial charge in [-0.3, -0.25) is 14.2 Å². The first kappa shape index (κ1) is 9.38. The molecule has 0 unspecified atom stereocenters. The third kappa shape index (κ3) is 1.47. The summed E-state index contributed by atoms with van der Waals surface area (Å²) in [7, 11) is 0. The molecular formula is C8H7N3O4. The van der Waals surface area contributed by atoms with Crippen molar-refractivity contribution in [2.75, 3.05) is 0 Å². The van der Waals surface area contributed by atoms with Gasteiger partial charge in [0, 0.05) is 0 Å². The zero-order valence-corrected chi connectivity index (χ0v) is 7.80. The first-order valence-electron chi connectivity index (χ1n) is 4.13. The highest BCUT2D eigenvalue weighted by Gasteiger charge is 2.12. The van der Waals surface area contributed by atoms with Gasteiger partial charge in [-0.05, 0) is 6.92 Å². The Morgan fingerprint density at radius 3 is 3.07 bits per heavy atom. The molecular weight excluding hydrogens is 202 g/mol. The number of carboxylic acids is 1. The van der Waals surface area contributed by atoms with Gasteiger partial charge in [-0.15, -0.1) is 0 Å². The van der Waals surface area contributed by atoms with E-state index in [1.54, 1.807) is 0 Å². The first-order valence-corrected chi connectivity index (χ1v) is 4.13. The third-order valence-corrected chi connectivity index (χ3v) is 1.97. The number of aromatic nitrogens is 3. The number of carboxylic acid groups (broad SMARTS) is 1. The third-order valence-electron chi connectivity index (χ3n) is 1.97. The standard InChI is InChI=1S/C8H7N3O4/c1-4-10-7-5(2-9-15-7)8(14)11(4)3-6(12)13/h2H,3H2,1H3,(H,12,13). The number of carbonyl (C=O) groups is 1. The molecule has 78 valence electrons. The quantitative estimate of drug-likeness (QED) is 0.733. The van der Waals surface area contributed by atoms with E-state index in [0.29, 0.717) is 0 Å². The van der Waals surface area contributed by atoms with Crippen LogP contribution in [0.25, 0.3) is 11.1 Å². The Balaban J connectivity index is 2.72. The normalized spacial score (nSPS) is 10.7. The van der Waals surface area contributed by atoms with Crippen LogP contribution in [0.15, 0.2) is 15.5 Å². The van der Waals surface area contributed by atoms with Gasteiger partial charge in [0.15, 0.2) is 0 Å². The summed E-state index contributed by atoms with van der Waals surface area (Å²) in [6, 6.07) is 0. The Morgan fingerprint density at radius 1 is 1.67 bits per heavy atom. The molecule has 1 N–H and O–H groups in total. The predicted octanol–water partition coefficient (Wildman–Crippen LogP) is -0.222. The lowest BCUT2D eigenvalue weighted by Gasteiger charge is -2.04. The lowest BCUT2D eigenvalue weighted by Crippen LogP contribution is -2.26. The van der Waals surface area contributed by atoms with E-state index in [1.807, 2.05) is 0 Å². The van der Waals surface area contributed by atoms with Gasteiger partial charge in [-0.25, -0.2) is 0 Å². The monoisotopic (exact) mass is 209 g/mol. The number of fused-ring (bicyclic) bond motifs is 1. The molecule has 2 rings (SSSR count). The van der Waals surface area contributed by atoms with Crippen LogP contribution in [-0.2, 0) is 11.3 Å². The summed E-state index contributed by atoms with van der Waals surface area (Å²) >= 11 is 0. The van der Waals surface area contributed by atoms with Crippen molar-refractivity contribution in [2.24, 2.45) is 0 Å². The van der Waals surface area contributed by atoms with Crippen molar-refractivity contribution < 1.29 is 14.4 Å². The summed E-state index contributed by atoms with van der Waals surface area (Å²) in [4.78, 5) is 26.1. The van der Waals surface area contributed by atoms with Crippen LogP contribution in [0.5, 0.6) is 0 Å². The molecule has 0 aromatic carbocycles. The van der Waals surface area contributed by atoms with E-state index in [4.69, 9.17) is 9.63 Å². The van der Waals surface area contributed by atoms with Gasteiger partial charge in [-0.1, -0.05) is 5.16 Å². The zero-order chi connectivity index (χ0) is 11.0. The molecule has 0 aliphatic rings. The van der Waals surface area contributed by atoms with E-state index in [9.17, 15) is 9.59 Å². The SMILES string of the molecule is Cc1nc2oncc2c(=O)n1CC(=O)O. The molecule has 7 heteroatoms. The van der Waals surface area contributed by atoms with E-state index in [0.717, 1.165) is 4.57 Å². The molecule has 2 heterocycles. The van der Waals surface area contributed by atoms with Crippen LogP contribution in [0.4, 0.5) is 0 Å². The maximum absolute atomic E-state index is 11.7. The lowest BCUT2D eigenvalue weighted by molar-refractivity contribution is -0.137. The van der Waals surface area contributed by atoms with Gasteiger partial charge in [0.2, 0.25) is 0 Å². The lowest BCUT2D eigenvalue weighted by atomic mass is 10.4. The summed E-state index contributed by atoms with van der Waals surface area (Å²) in [5, 5.41) is 12.2. The summed E-state index contributed by atoms with van der Waals surface area (Å²) in [6.45, 7) is 1.12. The predicted molar refractivity (Wildman–Crippen MR) is 48.4 cm³/mol. The Hall–Kier alpha value is -2.18. The van der Waals surface area contributed by atoms with E-state index >= 15 is 0 Å². The second-order valence-corrected chi connectivity index (χ2v) is 2.99. The fourth-order valence-electron chi connectivity index (χ4n) is 1.28. The number of hydrogen-bond donors (Lipinski definition) is 1. The van der Waals surface area contributed by atoms with Crippen molar-refractivity contribution in [1.29, 1.82) is 0 Å². The number of aliphatic carboxylic acids is 1. The molecule has 0 saturated heterocycles. The summed E-state index contributed by atoms with van der Waals surface area (Å²) in [5.74, 6) is -0.815. The molecule has 0 bridgehead atoms. The fourth-order valence-corrected chi connectivity index (χ4v) is 1.28. The molecule has 0 aliphatic heterocycles. The summed E-state index contributed by atoms with van der Waals surface area (Å²) < 4.78 is 5.78. The number of rotatable bonds is 2. The topological polar surface area (TPSA) is 98.2 Å². The van der Waals surface area contributed by atoms with Crippen LogP contribution < -0.4 is 5.56 Å². The van der Waals surface area contributed by atoms with E-state index in [1.165, 1.54) is 13.1 Å². The molecule has 0 spiro atoms. The summed E-state index contributed by atoms with van der Waals surface area (Å²) in [6.07, 6.45) is 1.22. The van der Waals surface area contributed by atoms with E-state index < -0.39 is 18.1 Å². The minimum Gasteiger partial charge on any atom is -0.480 e. The van der Waals surface area contributed by atoms with Crippen molar-refractivity contribution in [1.82, 2.24) is 14.7 Å². The molecule has 0 radical (unpaired) electrons. The second-order valence-electron chi connectivity index (χ2n) is 2.99. The van der Waals surface area contributed by atoms with Crippen LogP contribution in [0.3, 0.4) is 0 Å². The van der Waals surface area contributed by atoms with Crippen molar-refractivity contribution in [3.63, 3.8) is 0 Å². The Kier molecular flexibility index (Phi) is 2.00. The average Bonchev–Trinajstić information content (AvgIpc) is 2.59. The molecule has 2 aromatic rings. The van der Waals surface area contributed by atoms with Gasteiger partial charge in [0.25, 0.3) is 11.3 Å². The average molecular weight is 209 g/mol. The number of nitrogens with zero attached hydrogens (tertiary/aromatic N) is 3. The molecule has 0 fully saturated rings. The minimum absolute atomic E-state index is 0.124. The largest absolute Gasteiger partial charge is 0.480 e. The van der Waals surface area contributed by atoms with Crippen LogP contribution in [0.2, 0.25) is 0 Å². The van der Waals surface area contributed by atoms with Crippen molar-refractivity contribution in [3.8, 4) is 0 Å². The van der Waals surface area contributed by atoms with Crippen LogP contribution in [0.1, 0.15) is 5.82 Å². The maximum Gasteiger partial charge on any atom is 0.323 e. The van der Waals surface area contributed by atoms with Gasteiger partial charge >= 0.3 is 5.97 Å². The molecule has 0 atom stereocenters. The molecule has 0 amide bonds. The Labute approximate surface area is 82.9 Å². The number of hydrogen-bond acceptors (Lipinski definition) is 5. The minimum atomic E-state index is -1.10. The smallest absolute Gasteiger partial charge is 0.323 e. The molecule has 0 saturated carbocycles. The first-order chi connectivity index (χ1) is 7.09. The van der Waals surface area contributed by atoms with Gasteiger partial charge in [0.05, 0.1) is 6.20 Å². The maximum atomic E-state index is 11.7. The van der Waals surface area contributed by atoms with E-state index in [-0.39, 0.29) is 16.9 Å². The van der Waals surface area contributed by atoms with Gasteiger partial charge in [-0.2, -0.15) is 4.98 Å². The van der Waals surface area contributed by atoms with Crippen molar-refractivity contribution in [3.05, 3.63) is 22.4 Å². The molecule has 15 heavy (non-hydrogen) atoms.